The fourth-order valence-electron chi connectivity index (χ4n) is 1.74. The minimum Gasteiger partial charge on any atom is -0.282 e. The Bertz CT molecular complexity index is 371. The van der Waals surface area contributed by atoms with Crippen molar-refractivity contribution < 1.29 is 0 Å². The van der Waals surface area contributed by atoms with Gasteiger partial charge in [0.1, 0.15) is 0 Å². The van der Waals surface area contributed by atoms with E-state index < -0.39 is 0 Å². The van der Waals surface area contributed by atoms with Crippen molar-refractivity contribution in [1.82, 2.24) is 10.2 Å². The summed E-state index contributed by atoms with van der Waals surface area (Å²) < 4.78 is 0. The molecular formula is C17H32N2. The van der Waals surface area contributed by atoms with Gasteiger partial charge in [-0.05, 0) is 32.8 Å². The van der Waals surface area contributed by atoms with Crippen LogP contribution < -0.4 is 0 Å². The van der Waals surface area contributed by atoms with Crippen molar-refractivity contribution >= 4 is 5.57 Å². The number of aromatic nitrogens is 2. The van der Waals surface area contributed by atoms with Crippen LogP contribution in [0, 0.1) is 6.92 Å². The Labute approximate surface area is 120 Å². The molecule has 0 spiro atoms. The average Bonchev–Trinajstić information content (AvgIpc) is 2.83. The van der Waals surface area contributed by atoms with Crippen LogP contribution in [0.3, 0.4) is 0 Å². The molecule has 0 aliphatic heterocycles. The third-order valence-corrected chi connectivity index (χ3v) is 2.50. The summed E-state index contributed by atoms with van der Waals surface area (Å²) in [7, 11) is 0. The monoisotopic (exact) mass is 264 g/mol. The number of nitrogens with one attached hydrogen (secondary N) is 1. The zero-order valence-corrected chi connectivity index (χ0v) is 14.1. The van der Waals surface area contributed by atoms with Crippen molar-refractivity contribution in [2.75, 3.05) is 0 Å². The summed E-state index contributed by atoms with van der Waals surface area (Å²) in [6.07, 6.45) is 8.51. The summed E-state index contributed by atoms with van der Waals surface area (Å²) in [6, 6.07) is 0. The van der Waals surface area contributed by atoms with E-state index in [0.717, 1.165) is 18.5 Å². The van der Waals surface area contributed by atoms with Crippen LogP contribution in [0.2, 0.25) is 0 Å². The molecule has 1 aromatic heterocycles. The fraction of sp³-hybridized carbons (Fsp3) is 0.588. The second-order valence-electron chi connectivity index (χ2n) is 3.67. The lowest BCUT2D eigenvalue weighted by Gasteiger charge is -2.02. The third kappa shape index (κ3) is 6.42. The van der Waals surface area contributed by atoms with Crippen molar-refractivity contribution in [3.05, 3.63) is 35.2 Å². The zero-order chi connectivity index (χ0) is 15.3. The molecule has 0 atom stereocenters. The van der Waals surface area contributed by atoms with Crippen LogP contribution in [-0.4, -0.2) is 10.2 Å². The van der Waals surface area contributed by atoms with Gasteiger partial charge in [-0.2, -0.15) is 5.10 Å². The second kappa shape index (κ2) is 13.1. The van der Waals surface area contributed by atoms with E-state index in [1.54, 1.807) is 0 Å². The van der Waals surface area contributed by atoms with Crippen LogP contribution in [0.15, 0.2) is 18.2 Å². The maximum absolute atomic E-state index is 4.38. The van der Waals surface area contributed by atoms with Crippen molar-refractivity contribution in [3.63, 3.8) is 0 Å². The number of rotatable bonds is 4. The van der Waals surface area contributed by atoms with Gasteiger partial charge in [0.25, 0.3) is 0 Å². The maximum Gasteiger partial charge on any atom is 0.0951 e. The number of aromatic amines is 1. The first kappa shape index (κ1) is 20.0. The molecule has 19 heavy (non-hydrogen) atoms. The van der Waals surface area contributed by atoms with E-state index in [2.05, 4.69) is 49.2 Å². The number of allylic oxidation sites excluding steroid dienone is 4. The molecule has 0 aromatic carbocycles. The van der Waals surface area contributed by atoms with Crippen LogP contribution in [0.25, 0.3) is 5.57 Å². The molecule has 1 heterocycles. The van der Waals surface area contributed by atoms with Gasteiger partial charge in [-0.1, -0.05) is 59.3 Å². The molecule has 2 nitrogen and oxygen atoms in total. The summed E-state index contributed by atoms with van der Waals surface area (Å²) in [6.45, 7) is 16.4. The van der Waals surface area contributed by atoms with Gasteiger partial charge >= 0.3 is 0 Å². The average molecular weight is 264 g/mol. The summed E-state index contributed by atoms with van der Waals surface area (Å²) in [4.78, 5) is 0. The van der Waals surface area contributed by atoms with Crippen molar-refractivity contribution in [2.45, 2.75) is 68.2 Å². The number of hydrogen-bond acceptors (Lipinski definition) is 1. The highest BCUT2D eigenvalue weighted by Crippen LogP contribution is 2.21. The number of hydrogen-bond donors (Lipinski definition) is 1. The van der Waals surface area contributed by atoms with Crippen molar-refractivity contribution in [2.24, 2.45) is 0 Å². The molecule has 0 radical (unpaired) electrons. The van der Waals surface area contributed by atoms with Crippen LogP contribution >= 0.6 is 0 Å². The Balaban J connectivity index is 0. The molecule has 1 aromatic rings. The highest BCUT2D eigenvalue weighted by Gasteiger charge is 2.10. The van der Waals surface area contributed by atoms with Crippen LogP contribution in [0.1, 0.15) is 71.8 Å². The highest BCUT2D eigenvalue weighted by molar-refractivity contribution is 5.73. The first-order valence-electron chi connectivity index (χ1n) is 7.57. The molecule has 0 aliphatic carbocycles. The third-order valence-electron chi connectivity index (χ3n) is 2.50. The van der Waals surface area contributed by atoms with E-state index in [1.165, 1.54) is 16.8 Å². The molecule has 0 amide bonds. The molecule has 1 rings (SSSR count). The molecule has 0 saturated carbocycles. The lowest BCUT2D eigenvalue weighted by atomic mass is 10.0. The van der Waals surface area contributed by atoms with E-state index >= 15 is 0 Å². The Kier molecular flexibility index (Phi) is 13.8. The van der Waals surface area contributed by atoms with Crippen LogP contribution in [0.4, 0.5) is 0 Å². The first-order valence-corrected chi connectivity index (χ1v) is 7.57. The van der Waals surface area contributed by atoms with Crippen molar-refractivity contribution in [3.8, 4) is 0 Å². The minimum atomic E-state index is 1.09. The predicted molar refractivity (Wildman–Crippen MR) is 88.5 cm³/mol. The Morgan fingerprint density at radius 2 is 1.74 bits per heavy atom. The summed E-state index contributed by atoms with van der Waals surface area (Å²) in [5.74, 6) is 0. The van der Waals surface area contributed by atoms with Gasteiger partial charge in [0.05, 0.1) is 5.69 Å². The van der Waals surface area contributed by atoms with Crippen molar-refractivity contribution in [1.29, 1.82) is 0 Å². The lowest BCUT2D eigenvalue weighted by Crippen LogP contribution is -1.91. The van der Waals surface area contributed by atoms with E-state index in [1.807, 2.05) is 34.6 Å². The smallest absolute Gasteiger partial charge is 0.0951 e. The summed E-state index contributed by atoms with van der Waals surface area (Å²) in [5, 5.41) is 7.45. The SMILES string of the molecule is C/C=C\C(=C/C)c1n[nH]c(C)c1CCC.CC.CC. The van der Waals surface area contributed by atoms with Gasteiger partial charge in [0.15, 0.2) is 0 Å². The van der Waals surface area contributed by atoms with Crippen LogP contribution in [0.5, 0.6) is 0 Å². The first-order chi connectivity index (χ1) is 9.24. The lowest BCUT2D eigenvalue weighted by molar-refractivity contribution is 0.910. The van der Waals surface area contributed by atoms with Crippen LogP contribution in [-0.2, 0) is 6.42 Å². The van der Waals surface area contributed by atoms with Gasteiger partial charge in [0.2, 0.25) is 0 Å². The maximum atomic E-state index is 4.38. The minimum absolute atomic E-state index is 1.09. The molecule has 0 bridgehead atoms. The molecule has 0 saturated heterocycles. The normalized spacial score (nSPS) is 10.6. The zero-order valence-electron chi connectivity index (χ0n) is 14.1. The molecule has 1 N–H and O–H groups in total. The molecular weight excluding hydrogens is 232 g/mol. The highest BCUT2D eigenvalue weighted by atomic mass is 15.1. The van der Waals surface area contributed by atoms with Gasteiger partial charge in [-0.3, -0.25) is 5.10 Å². The fourth-order valence-corrected chi connectivity index (χ4v) is 1.74. The van der Waals surface area contributed by atoms with E-state index in [0.29, 0.717) is 0 Å². The molecule has 2 heteroatoms. The van der Waals surface area contributed by atoms with E-state index in [-0.39, 0.29) is 0 Å². The van der Waals surface area contributed by atoms with Gasteiger partial charge < -0.3 is 0 Å². The molecule has 0 fully saturated rings. The van der Waals surface area contributed by atoms with Gasteiger partial charge in [-0.25, -0.2) is 0 Å². The Morgan fingerprint density at radius 3 is 2.16 bits per heavy atom. The standard InChI is InChI=1S/C13H20N2.2C2H6/c1-5-8-11(7-3)13-12(9-6-2)10(4)14-15-13;2*1-2/h5,7-8H,6,9H2,1-4H3,(H,14,15);2*1-2H3/b8-5-,11-7+;;. The Hall–Kier alpha value is -1.31. The van der Waals surface area contributed by atoms with Gasteiger partial charge in [-0.15, -0.1) is 0 Å². The summed E-state index contributed by atoms with van der Waals surface area (Å²) in [5.41, 5.74) is 4.85. The number of aryl methyl sites for hydroxylation is 1. The van der Waals surface area contributed by atoms with Gasteiger partial charge in [0, 0.05) is 11.3 Å². The number of nitrogens with zero attached hydrogens (tertiary/aromatic N) is 1. The van der Waals surface area contributed by atoms with E-state index in [4.69, 9.17) is 0 Å². The topological polar surface area (TPSA) is 28.7 Å². The molecule has 110 valence electrons. The molecule has 0 aliphatic rings. The molecule has 0 unspecified atom stereocenters. The summed E-state index contributed by atoms with van der Waals surface area (Å²) >= 11 is 0. The second-order valence-corrected chi connectivity index (χ2v) is 3.67. The number of H-pyrrole nitrogens is 1. The largest absolute Gasteiger partial charge is 0.282 e. The Morgan fingerprint density at radius 1 is 1.16 bits per heavy atom. The van der Waals surface area contributed by atoms with E-state index in [9.17, 15) is 0 Å². The quantitative estimate of drug-likeness (QED) is 0.694. The predicted octanol–water partition coefficient (Wildman–Crippen LogP) is 5.70.